The van der Waals surface area contributed by atoms with Crippen LogP contribution >= 0.6 is 0 Å². The van der Waals surface area contributed by atoms with Gasteiger partial charge in [-0.2, -0.15) is 10.4 Å². The van der Waals surface area contributed by atoms with E-state index in [4.69, 9.17) is 10.7 Å². The van der Waals surface area contributed by atoms with Crippen LogP contribution in [0, 0.1) is 18.3 Å². The molecule has 35 heavy (non-hydrogen) atoms. The number of nitriles is 1. The van der Waals surface area contributed by atoms with Crippen molar-refractivity contribution in [2.24, 2.45) is 0 Å². The molecule has 0 saturated heterocycles. The number of amides is 1. The third-order valence-corrected chi connectivity index (χ3v) is 7.24. The first-order valence-corrected chi connectivity index (χ1v) is 12.1. The number of nitrogens with one attached hydrogen (secondary N) is 1. The van der Waals surface area contributed by atoms with Crippen LogP contribution in [0.1, 0.15) is 59.2 Å². The predicted octanol–water partition coefficient (Wildman–Crippen LogP) is 3.16. The van der Waals surface area contributed by atoms with Gasteiger partial charge in [0.1, 0.15) is 0 Å². The molecule has 1 aliphatic carbocycles. The zero-order valence-corrected chi connectivity index (χ0v) is 20.2. The number of hydrogen-bond donors (Lipinski definition) is 2. The molecular weight excluding hydrogens is 440 g/mol. The predicted molar refractivity (Wildman–Crippen MR) is 133 cm³/mol. The fourth-order valence-corrected chi connectivity index (χ4v) is 5.32. The normalized spacial score (nSPS) is 17.1. The molecule has 2 aromatic heterocycles. The smallest absolute Gasteiger partial charge is 0.254 e. The number of carbonyl (C=O) groups excluding carboxylic acids is 1. The third kappa shape index (κ3) is 4.49. The van der Waals surface area contributed by atoms with Crippen molar-refractivity contribution in [2.45, 2.75) is 57.5 Å². The van der Waals surface area contributed by atoms with E-state index in [0.29, 0.717) is 23.5 Å². The van der Waals surface area contributed by atoms with E-state index in [1.807, 2.05) is 0 Å². The second-order valence-electron chi connectivity index (χ2n) is 9.83. The van der Waals surface area contributed by atoms with E-state index in [1.165, 1.54) is 27.6 Å². The molecule has 1 aromatic carbocycles. The van der Waals surface area contributed by atoms with Crippen molar-refractivity contribution in [3.63, 3.8) is 0 Å². The zero-order chi connectivity index (χ0) is 24.6. The molecule has 1 aliphatic heterocycles. The Morgan fingerprint density at radius 1 is 1.29 bits per heavy atom. The number of aryl methyl sites for hydroxylation is 1. The van der Waals surface area contributed by atoms with Crippen LogP contribution < -0.4 is 11.1 Å². The minimum atomic E-state index is -0.453. The molecule has 0 radical (unpaired) electrons. The topological polar surface area (TPSA) is 126 Å². The van der Waals surface area contributed by atoms with E-state index in [-0.39, 0.29) is 11.7 Å². The molecule has 1 saturated carbocycles. The number of nitrogens with zero attached hydrogens (tertiary/aromatic N) is 6. The lowest BCUT2D eigenvalue weighted by Crippen LogP contribution is -2.46. The standard InChI is InChI=1S/C26H30N8O/c1-17-11-18(12-19-15-33(2)10-5-21(17)19)22-14-29-23(28)24(31-22)34-16-20(13-30-34)25(35)32-26(8-9-27)6-3-4-7-26/h11-14,16H,3-8,10,15H2,1-2H3,(H2,28,29)(H,32,35). The van der Waals surface area contributed by atoms with E-state index < -0.39 is 5.54 Å². The van der Waals surface area contributed by atoms with Crippen molar-refractivity contribution in [1.82, 2.24) is 30.0 Å². The molecule has 0 atom stereocenters. The van der Waals surface area contributed by atoms with Crippen molar-refractivity contribution in [3.05, 3.63) is 53.0 Å². The molecule has 9 heteroatoms. The van der Waals surface area contributed by atoms with Gasteiger partial charge in [0.05, 0.1) is 41.7 Å². The van der Waals surface area contributed by atoms with Gasteiger partial charge < -0.3 is 16.0 Å². The molecule has 0 spiro atoms. The molecule has 3 heterocycles. The number of carbonyl (C=O) groups is 1. The number of nitrogens with two attached hydrogens (primary N) is 1. The number of nitrogen functional groups attached to an aromatic ring is 1. The molecule has 3 N–H and O–H groups in total. The number of likely N-dealkylation sites (N-methyl/N-ethyl adjacent to an activating group) is 1. The maximum Gasteiger partial charge on any atom is 0.254 e. The van der Waals surface area contributed by atoms with Crippen LogP contribution in [-0.2, 0) is 13.0 Å². The molecule has 0 bridgehead atoms. The Hall–Kier alpha value is -3.77. The van der Waals surface area contributed by atoms with Crippen LogP contribution in [0.3, 0.4) is 0 Å². The van der Waals surface area contributed by atoms with Gasteiger partial charge in [-0.15, -0.1) is 0 Å². The molecule has 180 valence electrons. The average Bonchev–Trinajstić information content (AvgIpc) is 3.50. The summed E-state index contributed by atoms with van der Waals surface area (Å²) in [5.41, 5.74) is 11.8. The highest BCUT2D eigenvalue weighted by atomic mass is 16.1. The van der Waals surface area contributed by atoms with Crippen LogP contribution in [0.5, 0.6) is 0 Å². The van der Waals surface area contributed by atoms with Crippen LogP contribution in [0.4, 0.5) is 5.82 Å². The van der Waals surface area contributed by atoms with Crippen molar-refractivity contribution in [3.8, 4) is 23.1 Å². The molecule has 5 rings (SSSR count). The Morgan fingerprint density at radius 2 is 2.09 bits per heavy atom. The first kappa shape index (κ1) is 23.0. The maximum atomic E-state index is 13.0. The summed E-state index contributed by atoms with van der Waals surface area (Å²) in [7, 11) is 2.13. The summed E-state index contributed by atoms with van der Waals surface area (Å²) in [4.78, 5) is 24.4. The van der Waals surface area contributed by atoms with Gasteiger partial charge in [0, 0.05) is 24.8 Å². The lowest BCUT2D eigenvalue weighted by atomic mass is 9.92. The highest BCUT2D eigenvalue weighted by Crippen LogP contribution is 2.33. The number of rotatable bonds is 5. The summed E-state index contributed by atoms with van der Waals surface area (Å²) in [6.07, 6.45) is 9.80. The van der Waals surface area contributed by atoms with Crippen LogP contribution in [-0.4, -0.2) is 49.7 Å². The molecule has 1 fully saturated rings. The third-order valence-electron chi connectivity index (χ3n) is 7.24. The van der Waals surface area contributed by atoms with Gasteiger partial charge in [-0.3, -0.25) is 4.79 Å². The quantitative estimate of drug-likeness (QED) is 0.586. The van der Waals surface area contributed by atoms with Gasteiger partial charge in [0.15, 0.2) is 11.6 Å². The van der Waals surface area contributed by atoms with Crippen molar-refractivity contribution in [1.29, 1.82) is 5.26 Å². The molecule has 3 aromatic rings. The molecule has 2 aliphatic rings. The highest BCUT2D eigenvalue weighted by Gasteiger charge is 2.35. The fraction of sp³-hybridized carbons (Fsp3) is 0.423. The van der Waals surface area contributed by atoms with Crippen LogP contribution in [0.15, 0.2) is 30.7 Å². The van der Waals surface area contributed by atoms with Crippen molar-refractivity contribution >= 4 is 11.7 Å². The maximum absolute atomic E-state index is 13.0. The summed E-state index contributed by atoms with van der Waals surface area (Å²) in [5.74, 6) is 0.363. The van der Waals surface area contributed by atoms with Crippen LogP contribution in [0.25, 0.3) is 17.1 Å². The second-order valence-corrected chi connectivity index (χ2v) is 9.83. The minimum Gasteiger partial charge on any atom is -0.381 e. The summed E-state index contributed by atoms with van der Waals surface area (Å²) in [5, 5.41) is 16.6. The largest absolute Gasteiger partial charge is 0.381 e. The number of benzene rings is 1. The summed E-state index contributed by atoms with van der Waals surface area (Å²) in [6.45, 7) is 4.11. The number of fused-ring (bicyclic) bond motifs is 1. The molecule has 1 amide bonds. The van der Waals surface area contributed by atoms with Gasteiger partial charge in [-0.25, -0.2) is 14.6 Å². The zero-order valence-electron chi connectivity index (χ0n) is 20.2. The first-order chi connectivity index (χ1) is 16.9. The Bertz CT molecular complexity index is 1320. The molecular formula is C26H30N8O. The SMILES string of the molecule is Cc1cc(-c2cnc(N)c(-n3cc(C(=O)NC4(CC#N)CCCC4)cn3)n2)cc2c1CCN(C)C2. The Kier molecular flexibility index (Phi) is 5.99. The number of aromatic nitrogens is 4. The lowest BCUT2D eigenvalue weighted by Gasteiger charge is -2.27. The monoisotopic (exact) mass is 470 g/mol. The van der Waals surface area contributed by atoms with Crippen LogP contribution in [0.2, 0.25) is 0 Å². The van der Waals surface area contributed by atoms with Crippen molar-refractivity contribution in [2.75, 3.05) is 19.3 Å². The van der Waals surface area contributed by atoms with Crippen molar-refractivity contribution < 1.29 is 4.79 Å². The second kappa shape index (κ2) is 9.12. The van der Waals surface area contributed by atoms with Gasteiger partial charge in [0.25, 0.3) is 5.91 Å². The molecule has 0 unspecified atom stereocenters. The Labute approximate surface area is 205 Å². The highest BCUT2D eigenvalue weighted by molar-refractivity contribution is 5.94. The summed E-state index contributed by atoms with van der Waals surface area (Å²) in [6, 6.07) is 6.55. The number of anilines is 1. The van der Waals surface area contributed by atoms with Gasteiger partial charge >= 0.3 is 0 Å². The van der Waals surface area contributed by atoms with E-state index in [2.05, 4.69) is 52.5 Å². The van der Waals surface area contributed by atoms with E-state index in [0.717, 1.165) is 50.8 Å². The minimum absolute atomic E-state index is 0.231. The van der Waals surface area contributed by atoms with Gasteiger partial charge in [-0.1, -0.05) is 12.8 Å². The van der Waals surface area contributed by atoms with Gasteiger partial charge in [-0.05, 0) is 62.1 Å². The number of hydrogen-bond acceptors (Lipinski definition) is 7. The van der Waals surface area contributed by atoms with E-state index in [1.54, 1.807) is 12.4 Å². The first-order valence-electron chi connectivity index (χ1n) is 12.1. The Balaban J connectivity index is 1.43. The summed E-state index contributed by atoms with van der Waals surface area (Å²) < 4.78 is 1.49. The van der Waals surface area contributed by atoms with E-state index in [9.17, 15) is 10.1 Å². The van der Waals surface area contributed by atoms with Gasteiger partial charge in [0.2, 0.25) is 0 Å². The average molecular weight is 471 g/mol. The lowest BCUT2D eigenvalue weighted by molar-refractivity contribution is 0.0901. The Morgan fingerprint density at radius 3 is 2.86 bits per heavy atom. The van der Waals surface area contributed by atoms with E-state index >= 15 is 0 Å². The summed E-state index contributed by atoms with van der Waals surface area (Å²) >= 11 is 0. The molecule has 9 nitrogen and oxygen atoms in total. The fourth-order valence-electron chi connectivity index (χ4n) is 5.32.